The van der Waals surface area contributed by atoms with Crippen LogP contribution in [0.15, 0.2) is 212 Å². The molecule has 4 heteroatoms. The van der Waals surface area contributed by atoms with Gasteiger partial charge in [-0.1, -0.05) is 218 Å². The molecule has 0 aromatic heterocycles. The second-order valence-corrected chi connectivity index (χ2v) is 15.3. The van der Waals surface area contributed by atoms with E-state index >= 15 is 0 Å². The Hall–Kier alpha value is -3.95. The standard InChI is InChI=1S/2C18H15P.C9H7.ClH.Ru/c2*1-4-10-16(11-5-1)19(17-12-6-2-7-13-17)18-14-8-3-9-15-18;1-2-5-9-7-3-6-8(9)4-1;;/h2*1-15H;1-7H;1H;/q;;;;+1/p-1. The molecule has 0 aliphatic heterocycles. The summed E-state index contributed by atoms with van der Waals surface area (Å²) in [4.78, 5) is 0. The van der Waals surface area contributed by atoms with Gasteiger partial charge in [0.1, 0.15) is 0 Å². The third-order valence-electron chi connectivity index (χ3n) is 7.63. The zero-order chi connectivity index (χ0) is 31.9. The van der Waals surface area contributed by atoms with Crippen molar-refractivity contribution >= 4 is 53.7 Å². The Morgan fingerprint density at radius 1 is 0.265 bits per heavy atom. The van der Waals surface area contributed by atoms with Gasteiger partial charge in [0, 0.05) is 6.42 Å². The molecular formula is C45H37ClP2Ru. The van der Waals surface area contributed by atoms with Crippen LogP contribution in [0.25, 0.3) is 6.08 Å². The van der Waals surface area contributed by atoms with Gasteiger partial charge in [-0.3, -0.25) is 0 Å². The van der Waals surface area contributed by atoms with Crippen LogP contribution in [-0.2, 0) is 19.5 Å². The molecule has 8 rings (SSSR count). The van der Waals surface area contributed by atoms with E-state index in [9.17, 15) is 0 Å². The van der Waals surface area contributed by atoms with Crippen molar-refractivity contribution in [3.05, 3.63) is 230 Å². The average Bonchev–Trinajstić information content (AvgIpc) is 3.65. The normalized spacial score (nSPS) is 10.7. The van der Waals surface area contributed by atoms with Crippen molar-refractivity contribution in [2.75, 3.05) is 0 Å². The molecule has 7 aromatic rings. The van der Waals surface area contributed by atoms with Gasteiger partial charge in [-0.05, 0) is 58.8 Å². The summed E-state index contributed by atoms with van der Waals surface area (Å²) in [5.74, 6) is 0. The van der Waals surface area contributed by atoms with Gasteiger partial charge in [-0.15, -0.1) is 0 Å². The molecule has 0 amide bonds. The molecule has 0 bridgehead atoms. The summed E-state index contributed by atoms with van der Waals surface area (Å²) in [5.41, 5.74) is 2.66. The van der Waals surface area contributed by atoms with Gasteiger partial charge in [0.25, 0.3) is 0 Å². The maximum Gasteiger partial charge on any atom is 1.00 e. The molecule has 1 aliphatic rings. The Morgan fingerprint density at radius 2 is 0.490 bits per heavy atom. The quantitative estimate of drug-likeness (QED) is 0.141. The van der Waals surface area contributed by atoms with Gasteiger partial charge < -0.3 is 12.4 Å². The van der Waals surface area contributed by atoms with Crippen molar-refractivity contribution in [1.82, 2.24) is 0 Å². The fourth-order valence-electron chi connectivity index (χ4n) is 5.43. The summed E-state index contributed by atoms with van der Waals surface area (Å²) in [6.07, 6.45) is 6.31. The smallest absolute Gasteiger partial charge is 1.00 e. The molecule has 242 valence electrons. The molecule has 7 aromatic carbocycles. The van der Waals surface area contributed by atoms with Gasteiger partial charge in [0.15, 0.2) is 0 Å². The van der Waals surface area contributed by atoms with Gasteiger partial charge in [0.2, 0.25) is 0 Å². The maximum absolute atomic E-state index is 2.23. The van der Waals surface area contributed by atoms with E-state index < -0.39 is 15.8 Å². The van der Waals surface area contributed by atoms with Crippen LogP contribution in [0.5, 0.6) is 0 Å². The molecule has 0 unspecified atom stereocenters. The Labute approximate surface area is 313 Å². The van der Waals surface area contributed by atoms with Crippen LogP contribution in [0.4, 0.5) is 0 Å². The van der Waals surface area contributed by atoms with Crippen LogP contribution in [0, 0.1) is 6.42 Å². The molecule has 0 nitrogen and oxygen atoms in total. The first-order chi connectivity index (χ1) is 23.4. The fourth-order valence-corrected chi connectivity index (χ4v) is 10.0. The summed E-state index contributed by atoms with van der Waals surface area (Å²) in [7, 11) is -0.892. The molecule has 0 heterocycles. The van der Waals surface area contributed by atoms with Crippen molar-refractivity contribution in [1.29, 1.82) is 0 Å². The molecule has 0 spiro atoms. The summed E-state index contributed by atoms with van der Waals surface area (Å²) in [6.45, 7) is 0. The Balaban J connectivity index is 0.000000172. The van der Waals surface area contributed by atoms with Crippen LogP contribution in [0.3, 0.4) is 0 Å². The van der Waals surface area contributed by atoms with Crippen LogP contribution in [-0.4, -0.2) is 0 Å². The number of halogens is 1. The third-order valence-corrected chi connectivity index (χ3v) is 12.5. The van der Waals surface area contributed by atoms with Crippen molar-refractivity contribution < 1.29 is 31.9 Å². The molecule has 0 N–H and O–H groups in total. The van der Waals surface area contributed by atoms with E-state index in [1.807, 2.05) is 0 Å². The fraction of sp³-hybridized carbons (Fsp3) is 0. The number of allylic oxidation sites excluding steroid dienone is 1. The number of hydrogen-bond acceptors (Lipinski definition) is 0. The molecule has 0 saturated heterocycles. The van der Waals surface area contributed by atoms with Crippen LogP contribution in [0.2, 0.25) is 0 Å². The summed E-state index contributed by atoms with van der Waals surface area (Å²) in [6, 6.07) is 73.0. The second-order valence-electron chi connectivity index (χ2n) is 10.8. The first-order valence-corrected chi connectivity index (χ1v) is 18.6. The summed E-state index contributed by atoms with van der Waals surface area (Å²) < 4.78 is 0. The first-order valence-electron chi connectivity index (χ1n) is 15.9. The van der Waals surface area contributed by atoms with E-state index in [0.717, 1.165) is 0 Å². The van der Waals surface area contributed by atoms with Gasteiger partial charge in [-0.25, -0.2) is 0 Å². The van der Waals surface area contributed by atoms with E-state index in [-0.39, 0.29) is 31.9 Å². The minimum atomic E-state index is -0.446. The third kappa shape index (κ3) is 10.8. The van der Waals surface area contributed by atoms with E-state index in [2.05, 4.69) is 225 Å². The predicted octanol–water partition coefficient (Wildman–Crippen LogP) is 6.16. The topological polar surface area (TPSA) is 0 Å². The average molecular weight is 776 g/mol. The first kappa shape index (κ1) is 37.9. The van der Waals surface area contributed by atoms with Crippen molar-refractivity contribution in [2.24, 2.45) is 0 Å². The maximum atomic E-state index is 2.23. The molecule has 0 atom stereocenters. The number of benzene rings is 7. The second kappa shape index (κ2) is 20.5. The van der Waals surface area contributed by atoms with E-state index in [1.165, 1.54) is 43.0 Å². The van der Waals surface area contributed by atoms with Crippen LogP contribution >= 0.6 is 15.8 Å². The number of rotatable bonds is 6. The number of fused-ring (bicyclic) bond motifs is 1. The minimum absolute atomic E-state index is 0. The Bertz CT molecular complexity index is 1630. The Morgan fingerprint density at radius 3 is 0.735 bits per heavy atom. The van der Waals surface area contributed by atoms with Gasteiger partial charge >= 0.3 is 19.5 Å². The summed E-state index contributed by atoms with van der Waals surface area (Å²) in [5, 5.41) is 8.39. The SMILES string of the molecule is [CH]1C=Cc2ccccc21.[Cl-].[Ru+].c1ccc(P(c2ccccc2)c2ccccc2)cc1.c1ccc(P(c2ccccc2)c2ccccc2)cc1. The van der Waals surface area contributed by atoms with Gasteiger partial charge in [0.05, 0.1) is 0 Å². The van der Waals surface area contributed by atoms with Crippen molar-refractivity contribution in [3.8, 4) is 0 Å². The molecule has 2 radical (unpaired) electrons. The molecule has 1 aliphatic carbocycles. The minimum Gasteiger partial charge on any atom is -1.00 e. The van der Waals surface area contributed by atoms with E-state index in [0.29, 0.717) is 0 Å². The van der Waals surface area contributed by atoms with Crippen molar-refractivity contribution in [2.45, 2.75) is 0 Å². The van der Waals surface area contributed by atoms with Crippen molar-refractivity contribution in [3.63, 3.8) is 0 Å². The molecule has 0 fully saturated rings. The van der Waals surface area contributed by atoms with E-state index in [1.54, 1.807) is 0 Å². The summed E-state index contributed by atoms with van der Waals surface area (Å²) >= 11 is 0. The molecule has 49 heavy (non-hydrogen) atoms. The van der Waals surface area contributed by atoms with E-state index in [4.69, 9.17) is 0 Å². The molecular weight excluding hydrogens is 739 g/mol. The predicted molar refractivity (Wildman–Crippen MR) is 209 cm³/mol. The zero-order valence-electron chi connectivity index (χ0n) is 27.0. The number of hydrogen-bond donors (Lipinski definition) is 0. The van der Waals surface area contributed by atoms with Crippen LogP contribution < -0.4 is 44.2 Å². The zero-order valence-corrected chi connectivity index (χ0v) is 31.3. The Kier molecular flexibility index (Phi) is 15.9. The largest absolute Gasteiger partial charge is 1.00 e. The molecule has 0 saturated carbocycles. The monoisotopic (exact) mass is 776 g/mol. The van der Waals surface area contributed by atoms with Gasteiger partial charge in [-0.2, -0.15) is 0 Å². The van der Waals surface area contributed by atoms with Crippen LogP contribution in [0.1, 0.15) is 11.1 Å².